The normalized spacial score (nSPS) is 23.6. The average molecular weight is 599 g/mol. The second-order valence-electron chi connectivity index (χ2n) is 11.2. The zero-order chi connectivity index (χ0) is 30.5. The van der Waals surface area contributed by atoms with Crippen LogP contribution in [0.4, 0.5) is 0 Å². The maximum absolute atomic E-state index is 13.4. The standard InChI is InChI=1S/C39H34O6/c40-33-26-41-37(28-16-6-1-7-17-28)44-35(33)36-34(43-38(45-36)29-18-8-2-9-19-29)27-42-39(30-20-10-3-11-21-30,31-22-12-4-13-23-31)32-24-14-5-15-25-32/h1-25,34-38H,26-27H2/t34-,35+,36+,37+,38+/m0/s1. The van der Waals surface area contributed by atoms with E-state index < -0.39 is 36.5 Å². The van der Waals surface area contributed by atoms with Gasteiger partial charge in [-0.05, 0) is 16.7 Å². The van der Waals surface area contributed by atoms with Crippen LogP contribution in [0.2, 0.25) is 0 Å². The molecule has 2 aliphatic rings. The highest BCUT2D eigenvalue weighted by Crippen LogP contribution is 2.43. The molecule has 7 rings (SSSR count). The third-order valence-electron chi connectivity index (χ3n) is 8.36. The van der Waals surface area contributed by atoms with Crippen LogP contribution in [-0.4, -0.2) is 37.3 Å². The molecular weight excluding hydrogens is 564 g/mol. The molecule has 0 aromatic heterocycles. The van der Waals surface area contributed by atoms with Gasteiger partial charge in [0.1, 0.15) is 24.4 Å². The van der Waals surface area contributed by atoms with E-state index in [1.165, 1.54) is 0 Å². The highest BCUT2D eigenvalue weighted by atomic mass is 16.8. The highest BCUT2D eigenvalue weighted by molar-refractivity contribution is 5.85. The molecule has 5 atom stereocenters. The van der Waals surface area contributed by atoms with Crippen molar-refractivity contribution in [2.45, 2.75) is 36.5 Å². The van der Waals surface area contributed by atoms with Crippen LogP contribution in [0.15, 0.2) is 152 Å². The zero-order valence-electron chi connectivity index (χ0n) is 24.7. The summed E-state index contributed by atoms with van der Waals surface area (Å²) in [5, 5.41) is 0. The molecule has 0 radical (unpaired) electrons. The van der Waals surface area contributed by atoms with E-state index in [0.29, 0.717) is 0 Å². The van der Waals surface area contributed by atoms with Crippen molar-refractivity contribution in [2.24, 2.45) is 0 Å². The first-order valence-electron chi connectivity index (χ1n) is 15.2. The van der Waals surface area contributed by atoms with Gasteiger partial charge in [-0.3, -0.25) is 4.79 Å². The van der Waals surface area contributed by atoms with Gasteiger partial charge in [-0.2, -0.15) is 0 Å². The predicted molar refractivity (Wildman–Crippen MR) is 169 cm³/mol. The van der Waals surface area contributed by atoms with E-state index in [4.69, 9.17) is 23.7 Å². The largest absolute Gasteiger partial charge is 0.358 e. The Kier molecular flexibility index (Phi) is 8.65. The number of hydrogen-bond donors (Lipinski definition) is 0. The molecule has 0 spiro atoms. The fraction of sp³-hybridized carbons (Fsp3) is 0.205. The molecule has 0 unspecified atom stereocenters. The first kappa shape index (κ1) is 29.3. The number of carbonyl (C=O) groups is 1. The molecule has 2 aliphatic heterocycles. The number of benzene rings is 5. The van der Waals surface area contributed by atoms with Gasteiger partial charge >= 0.3 is 0 Å². The van der Waals surface area contributed by atoms with Crippen LogP contribution >= 0.6 is 0 Å². The number of ketones is 1. The van der Waals surface area contributed by atoms with Crippen molar-refractivity contribution in [3.8, 4) is 0 Å². The molecule has 0 aliphatic carbocycles. The lowest BCUT2D eigenvalue weighted by molar-refractivity contribution is -0.231. The molecule has 6 nitrogen and oxygen atoms in total. The Morgan fingerprint density at radius 1 is 0.556 bits per heavy atom. The third-order valence-corrected chi connectivity index (χ3v) is 8.36. The number of carbonyl (C=O) groups excluding carboxylic acids is 1. The van der Waals surface area contributed by atoms with E-state index in [2.05, 4.69) is 36.4 Å². The Morgan fingerprint density at radius 3 is 1.49 bits per heavy atom. The molecule has 5 aromatic rings. The molecular formula is C39H34O6. The van der Waals surface area contributed by atoms with Crippen molar-refractivity contribution in [1.29, 1.82) is 0 Å². The maximum Gasteiger partial charge on any atom is 0.190 e. The van der Waals surface area contributed by atoms with Crippen molar-refractivity contribution in [3.05, 3.63) is 179 Å². The van der Waals surface area contributed by atoms with Gasteiger partial charge in [0, 0.05) is 11.1 Å². The first-order valence-corrected chi connectivity index (χ1v) is 15.2. The molecule has 2 heterocycles. The molecule has 2 fully saturated rings. The Morgan fingerprint density at radius 2 is 1.00 bits per heavy atom. The molecule has 45 heavy (non-hydrogen) atoms. The summed E-state index contributed by atoms with van der Waals surface area (Å²) in [6.07, 6.45) is -3.68. The lowest BCUT2D eigenvalue weighted by Gasteiger charge is -2.38. The summed E-state index contributed by atoms with van der Waals surface area (Å²) in [7, 11) is 0. The van der Waals surface area contributed by atoms with Crippen LogP contribution < -0.4 is 0 Å². The van der Waals surface area contributed by atoms with Crippen molar-refractivity contribution in [1.82, 2.24) is 0 Å². The van der Waals surface area contributed by atoms with Crippen LogP contribution in [-0.2, 0) is 34.1 Å². The van der Waals surface area contributed by atoms with Crippen LogP contribution in [0.25, 0.3) is 0 Å². The van der Waals surface area contributed by atoms with Gasteiger partial charge in [-0.25, -0.2) is 0 Å². The molecule has 5 aromatic carbocycles. The second-order valence-corrected chi connectivity index (χ2v) is 11.2. The summed E-state index contributed by atoms with van der Waals surface area (Å²) >= 11 is 0. The highest BCUT2D eigenvalue weighted by Gasteiger charge is 2.49. The first-order chi connectivity index (χ1) is 22.2. The smallest absolute Gasteiger partial charge is 0.190 e. The van der Waals surface area contributed by atoms with Crippen molar-refractivity contribution in [2.75, 3.05) is 13.2 Å². The van der Waals surface area contributed by atoms with Crippen molar-refractivity contribution in [3.63, 3.8) is 0 Å². The van der Waals surface area contributed by atoms with Gasteiger partial charge < -0.3 is 23.7 Å². The molecule has 2 saturated heterocycles. The molecule has 0 amide bonds. The number of ether oxygens (including phenoxy) is 5. The van der Waals surface area contributed by atoms with Gasteiger partial charge in [0.25, 0.3) is 0 Å². The number of hydrogen-bond acceptors (Lipinski definition) is 6. The summed E-state index contributed by atoms with van der Waals surface area (Å²) in [5.41, 5.74) is 3.64. The van der Waals surface area contributed by atoms with Crippen molar-refractivity contribution < 1.29 is 28.5 Å². The Labute approximate surface area is 263 Å². The summed E-state index contributed by atoms with van der Waals surface area (Å²) in [4.78, 5) is 13.4. The second kappa shape index (κ2) is 13.3. The Hall–Kier alpha value is -4.43. The number of rotatable bonds is 9. The Balaban J connectivity index is 1.26. The van der Waals surface area contributed by atoms with E-state index in [0.717, 1.165) is 27.8 Å². The average Bonchev–Trinajstić information content (AvgIpc) is 3.55. The minimum Gasteiger partial charge on any atom is -0.358 e. The van der Waals surface area contributed by atoms with E-state index in [1.807, 2.05) is 115 Å². The summed E-state index contributed by atoms with van der Waals surface area (Å²) in [6.45, 7) is 0.0341. The zero-order valence-corrected chi connectivity index (χ0v) is 24.7. The topological polar surface area (TPSA) is 63.2 Å². The lowest BCUT2D eigenvalue weighted by Crippen LogP contribution is -2.50. The monoisotopic (exact) mass is 598 g/mol. The SMILES string of the molecule is O=C1CO[C@@H](c2ccccc2)O[C@H]1[C@@H]1O[C@H](c2ccccc2)O[C@H]1COC(c1ccccc1)(c1ccccc1)c1ccccc1. The quantitative estimate of drug-likeness (QED) is 0.168. The molecule has 0 bridgehead atoms. The van der Waals surface area contributed by atoms with E-state index in [1.54, 1.807) is 0 Å². The summed E-state index contributed by atoms with van der Waals surface area (Å²) < 4.78 is 32.4. The van der Waals surface area contributed by atoms with Crippen LogP contribution in [0.3, 0.4) is 0 Å². The fourth-order valence-electron chi connectivity index (χ4n) is 6.18. The minimum atomic E-state index is -0.963. The predicted octanol–water partition coefficient (Wildman–Crippen LogP) is 7.16. The Bertz CT molecular complexity index is 1570. The fourth-order valence-corrected chi connectivity index (χ4v) is 6.18. The molecule has 0 saturated carbocycles. The third kappa shape index (κ3) is 5.99. The molecule has 226 valence electrons. The molecule has 6 heteroatoms. The van der Waals surface area contributed by atoms with Gasteiger partial charge in [0.15, 0.2) is 24.5 Å². The van der Waals surface area contributed by atoms with E-state index in [9.17, 15) is 4.79 Å². The summed E-state index contributed by atoms with van der Waals surface area (Å²) in [6, 6.07) is 49.9. The minimum absolute atomic E-state index is 0.0876. The van der Waals surface area contributed by atoms with Gasteiger partial charge in [-0.15, -0.1) is 0 Å². The van der Waals surface area contributed by atoms with Gasteiger partial charge in [0.05, 0.1) is 6.61 Å². The van der Waals surface area contributed by atoms with E-state index >= 15 is 0 Å². The van der Waals surface area contributed by atoms with Gasteiger partial charge in [-0.1, -0.05) is 152 Å². The van der Waals surface area contributed by atoms with Crippen LogP contribution in [0, 0.1) is 0 Å². The van der Waals surface area contributed by atoms with Crippen molar-refractivity contribution >= 4 is 5.78 Å². The summed E-state index contributed by atoms with van der Waals surface area (Å²) in [5.74, 6) is -0.199. The van der Waals surface area contributed by atoms with Gasteiger partial charge in [0.2, 0.25) is 0 Å². The van der Waals surface area contributed by atoms with Crippen LogP contribution in [0.5, 0.6) is 0 Å². The maximum atomic E-state index is 13.4. The van der Waals surface area contributed by atoms with Crippen LogP contribution in [0.1, 0.15) is 40.4 Å². The van der Waals surface area contributed by atoms with E-state index in [-0.39, 0.29) is 19.0 Å². The number of Topliss-reactive ketones (excluding diaryl/α,β-unsaturated/α-hetero) is 1. The lowest BCUT2D eigenvalue weighted by atomic mass is 9.80. The molecule has 0 N–H and O–H groups in total.